The van der Waals surface area contributed by atoms with Crippen molar-refractivity contribution < 1.29 is 14.7 Å². The van der Waals surface area contributed by atoms with E-state index < -0.39 is 11.9 Å². The summed E-state index contributed by atoms with van der Waals surface area (Å²) >= 11 is 0. The monoisotopic (exact) mass is 233 g/mol. The van der Waals surface area contributed by atoms with E-state index in [1.807, 2.05) is 30.3 Å². The molecular weight excluding hydrogens is 218 g/mol. The van der Waals surface area contributed by atoms with Crippen LogP contribution in [0.5, 0.6) is 0 Å². The molecule has 0 aromatic heterocycles. The molecule has 2 rings (SSSR count). The van der Waals surface area contributed by atoms with E-state index in [4.69, 9.17) is 5.11 Å². The van der Waals surface area contributed by atoms with Gasteiger partial charge in [-0.15, -0.1) is 0 Å². The zero-order valence-electron chi connectivity index (χ0n) is 9.43. The maximum absolute atomic E-state index is 11.3. The molecule has 17 heavy (non-hydrogen) atoms. The first-order valence-electron chi connectivity index (χ1n) is 5.73. The molecule has 1 fully saturated rings. The Morgan fingerprint density at radius 2 is 2.06 bits per heavy atom. The summed E-state index contributed by atoms with van der Waals surface area (Å²) in [6, 6.07) is 9.33. The van der Waals surface area contributed by atoms with Crippen LogP contribution in [0, 0.1) is 5.92 Å². The van der Waals surface area contributed by atoms with Gasteiger partial charge < -0.3 is 10.4 Å². The fourth-order valence-corrected chi connectivity index (χ4v) is 2.22. The van der Waals surface area contributed by atoms with E-state index in [1.54, 1.807) is 0 Å². The van der Waals surface area contributed by atoms with E-state index in [2.05, 4.69) is 5.32 Å². The first-order valence-corrected chi connectivity index (χ1v) is 5.73. The Kier molecular flexibility index (Phi) is 3.42. The summed E-state index contributed by atoms with van der Waals surface area (Å²) in [7, 11) is 0. The third kappa shape index (κ3) is 2.84. The van der Waals surface area contributed by atoms with Crippen molar-refractivity contribution in [2.45, 2.75) is 25.3 Å². The molecule has 1 aliphatic rings. The van der Waals surface area contributed by atoms with E-state index in [9.17, 15) is 9.59 Å². The van der Waals surface area contributed by atoms with Crippen LogP contribution in [-0.4, -0.2) is 23.0 Å². The van der Waals surface area contributed by atoms with Crippen LogP contribution in [0.3, 0.4) is 0 Å². The molecule has 1 aromatic carbocycles. The second-order valence-corrected chi connectivity index (χ2v) is 4.35. The van der Waals surface area contributed by atoms with Crippen LogP contribution in [0.2, 0.25) is 0 Å². The van der Waals surface area contributed by atoms with E-state index in [-0.39, 0.29) is 11.9 Å². The minimum Gasteiger partial charge on any atom is -0.481 e. The minimum absolute atomic E-state index is 0.0524. The van der Waals surface area contributed by atoms with Gasteiger partial charge in [0.05, 0.1) is 5.92 Å². The van der Waals surface area contributed by atoms with E-state index in [0.717, 1.165) is 5.56 Å². The quantitative estimate of drug-likeness (QED) is 0.824. The molecule has 0 saturated carbocycles. The Morgan fingerprint density at radius 1 is 1.35 bits per heavy atom. The van der Waals surface area contributed by atoms with Gasteiger partial charge in [-0.3, -0.25) is 9.59 Å². The highest BCUT2D eigenvalue weighted by molar-refractivity contribution is 5.81. The molecule has 0 spiro atoms. The summed E-state index contributed by atoms with van der Waals surface area (Å²) in [6.45, 7) is 0. The normalized spacial score (nSPS) is 24.1. The molecule has 1 saturated heterocycles. The first kappa shape index (κ1) is 11.6. The number of hydrogen-bond donors (Lipinski definition) is 2. The van der Waals surface area contributed by atoms with Gasteiger partial charge >= 0.3 is 5.97 Å². The number of rotatable bonds is 3. The second-order valence-electron chi connectivity index (χ2n) is 4.35. The van der Waals surface area contributed by atoms with Gasteiger partial charge in [-0.25, -0.2) is 0 Å². The van der Waals surface area contributed by atoms with E-state index in [0.29, 0.717) is 19.3 Å². The van der Waals surface area contributed by atoms with Crippen molar-refractivity contribution in [1.82, 2.24) is 5.32 Å². The Balaban J connectivity index is 2.10. The van der Waals surface area contributed by atoms with Gasteiger partial charge in [0.1, 0.15) is 0 Å². The third-order valence-corrected chi connectivity index (χ3v) is 3.13. The van der Waals surface area contributed by atoms with Gasteiger partial charge in [0, 0.05) is 12.5 Å². The molecule has 1 aromatic rings. The number of aliphatic carboxylic acids is 1. The summed E-state index contributed by atoms with van der Waals surface area (Å²) in [6.07, 6.45) is 1.31. The van der Waals surface area contributed by atoms with Crippen LogP contribution in [0.15, 0.2) is 30.3 Å². The van der Waals surface area contributed by atoms with Crippen LogP contribution in [0.4, 0.5) is 0 Å². The van der Waals surface area contributed by atoms with Crippen LogP contribution in [0.25, 0.3) is 0 Å². The lowest BCUT2D eigenvalue weighted by Gasteiger charge is -2.29. The average Bonchev–Trinajstić information content (AvgIpc) is 2.30. The molecule has 4 heteroatoms. The largest absolute Gasteiger partial charge is 0.481 e. The fraction of sp³-hybridized carbons (Fsp3) is 0.385. The number of carboxylic acid groups (broad SMARTS) is 1. The number of piperidine rings is 1. The molecule has 1 heterocycles. The summed E-state index contributed by atoms with van der Waals surface area (Å²) in [4.78, 5) is 22.4. The van der Waals surface area contributed by atoms with E-state index in [1.165, 1.54) is 0 Å². The summed E-state index contributed by atoms with van der Waals surface area (Å²) < 4.78 is 0. The lowest BCUT2D eigenvalue weighted by molar-refractivity contribution is -0.145. The standard InChI is InChI=1S/C13H15NO3/c15-12-7-6-10(13(16)17)11(14-12)8-9-4-2-1-3-5-9/h1-5,10-11H,6-8H2,(H,14,15)(H,16,17)/t10-,11+/m0/s1. The zero-order chi connectivity index (χ0) is 12.3. The summed E-state index contributed by atoms with van der Waals surface area (Å²) in [5.74, 6) is -1.36. The number of nitrogens with one attached hydrogen (secondary N) is 1. The van der Waals surface area contributed by atoms with Crippen molar-refractivity contribution in [2.24, 2.45) is 5.92 Å². The Morgan fingerprint density at radius 3 is 2.71 bits per heavy atom. The number of benzene rings is 1. The SMILES string of the molecule is O=C1CC[C@H](C(=O)O)[C@@H](Cc2ccccc2)N1. The first-order chi connectivity index (χ1) is 8.16. The van der Waals surface area contributed by atoms with Gasteiger partial charge in [-0.1, -0.05) is 30.3 Å². The minimum atomic E-state index is -0.828. The summed E-state index contributed by atoms with van der Waals surface area (Å²) in [5, 5.41) is 11.9. The van der Waals surface area contributed by atoms with Crippen molar-refractivity contribution in [3.05, 3.63) is 35.9 Å². The van der Waals surface area contributed by atoms with Crippen LogP contribution in [0.1, 0.15) is 18.4 Å². The van der Waals surface area contributed by atoms with Gasteiger partial charge in [0.25, 0.3) is 0 Å². The average molecular weight is 233 g/mol. The lowest BCUT2D eigenvalue weighted by atomic mass is 9.86. The topological polar surface area (TPSA) is 66.4 Å². The molecule has 0 radical (unpaired) electrons. The van der Waals surface area contributed by atoms with Crippen LogP contribution in [-0.2, 0) is 16.0 Å². The van der Waals surface area contributed by atoms with Crippen molar-refractivity contribution in [3.8, 4) is 0 Å². The maximum atomic E-state index is 11.3. The molecule has 2 atom stereocenters. The van der Waals surface area contributed by atoms with Crippen LogP contribution < -0.4 is 5.32 Å². The molecule has 2 N–H and O–H groups in total. The molecule has 1 aliphatic heterocycles. The molecule has 4 nitrogen and oxygen atoms in total. The number of hydrogen-bond acceptors (Lipinski definition) is 2. The van der Waals surface area contributed by atoms with Crippen molar-refractivity contribution in [1.29, 1.82) is 0 Å². The van der Waals surface area contributed by atoms with Gasteiger partial charge in [0.15, 0.2) is 0 Å². The van der Waals surface area contributed by atoms with Gasteiger partial charge in [0.2, 0.25) is 5.91 Å². The molecule has 1 amide bonds. The van der Waals surface area contributed by atoms with Gasteiger partial charge in [-0.2, -0.15) is 0 Å². The smallest absolute Gasteiger partial charge is 0.308 e. The molecule has 0 unspecified atom stereocenters. The van der Waals surface area contributed by atoms with Gasteiger partial charge in [-0.05, 0) is 18.4 Å². The highest BCUT2D eigenvalue weighted by atomic mass is 16.4. The van der Waals surface area contributed by atoms with Crippen molar-refractivity contribution in [2.75, 3.05) is 0 Å². The number of carbonyl (C=O) groups is 2. The Hall–Kier alpha value is -1.84. The van der Waals surface area contributed by atoms with Crippen molar-refractivity contribution >= 4 is 11.9 Å². The predicted molar refractivity (Wildman–Crippen MR) is 62.4 cm³/mol. The molecule has 0 bridgehead atoms. The zero-order valence-corrected chi connectivity index (χ0v) is 9.43. The highest BCUT2D eigenvalue weighted by Crippen LogP contribution is 2.20. The lowest BCUT2D eigenvalue weighted by Crippen LogP contribution is -2.48. The van der Waals surface area contributed by atoms with Crippen molar-refractivity contribution in [3.63, 3.8) is 0 Å². The third-order valence-electron chi connectivity index (χ3n) is 3.13. The molecule has 0 aliphatic carbocycles. The second kappa shape index (κ2) is 4.99. The highest BCUT2D eigenvalue weighted by Gasteiger charge is 2.33. The Bertz CT molecular complexity index is 416. The number of carboxylic acids is 1. The van der Waals surface area contributed by atoms with E-state index >= 15 is 0 Å². The predicted octanol–water partition coefficient (Wildman–Crippen LogP) is 1.21. The molecule has 90 valence electrons. The molecular formula is C13H15NO3. The fourth-order valence-electron chi connectivity index (χ4n) is 2.22. The number of amides is 1. The summed E-state index contributed by atoms with van der Waals surface area (Å²) in [5.41, 5.74) is 1.05. The number of carbonyl (C=O) groups excluding carboxylic acids is 1. The Labute approximate surface area is 99.6 Å². The maximum Gasteiger partial charge on any atom is 0.308 e. The van der Waals surface area contributed by atoms with Crippen LogP contribution >= 0.6 is 0 Å².